The van der Waals surface area contributed by atoms with Crippen molar-refractivity contribution < 1.29 is 23.5 Å². The zero-order valence-corrected chi connectivity index (χ0v) is 18.3. The largest absolute Gasteiger partial charge is 0.481 e. The van der Waals surface area contributed by atoms with Gasteiger partial charge < -0.3 is 9.47 Å². The minimum absolute atomic E-state index is 0.0686. The van der Waals surface area contributed by atoms with Crippen LogP contribution in [0.1, 0.15) is 22.2 Å². The van der Waals surface area contributed by atoms with Crippen LogP contribution in [0.5, 0.6) is 5.75 Å². The fraction of sp³-hybridized carbons (Fsp3) is 0.167. The standard InChI is InChI=1S/C24H21FN2O4S/c1-14(31-17-11-10-15-6-3-4-7-16(15)12-17)23(28)26-27-24(29)22-18(13-30-2)21-19(25)8-5-9-20(21)32-22/h3-12,14H,13H2,1-2H3,(H,26,28)(H,27,29). The van der Waals surface area contributed by atoms with Gasteiger partial charge in [0.1, 0.15) is 16.4 Å². The van der Waals surface area contributed by atoms with Gasteiger partial charge in [-0.2, -0.15) is 0 Å². The highest BCUT2D eigenvalue weighted by molar-refractivity contribution is 7.21. The average molecular weight is 453 g/mol. The van der Waals surface area contributed by atoms with Crippen LogP contribution in [0.15, 0.2) is 60.7 Å². The van der Waals surface area contributed by atoms with Crippen LogP contribution >= 0.6 is 11.3 Å². The van der Waals surface area contributed by atoms with E-state index in [0.29, 0.717) is 21.4 Å². The molecule has 0 aliphatic rings. The third-order valence-corrected chi connectivity index (χ3v) is 6.16. The average Bonchev–Trinajstić information content (AvgIpc) is 3.17. The van der Waals surface area contributed by atoms with E-state index in [-0.39, 0.29) is 11.5 Å². The molecule has 4 aromatic rings. The molecule has 32 heavy (non-hydrogen) atoms. The second-order valence-electron chi connectivity index (χ2n) is 7.17. The van der Waals surface area contributed by atoms with Crippen LogP contribution in [-0.2, 0) is 16.1 Å². The summed E-state index contributed by atoms with van der Waals surface area (Å²) in [5.41, 5.74) is 5.21. The number of halogens is 1. The Balaban J connectivity index is 1.43. The molecular weight excluding hydrogens is 431 g/mol. The maximum Gasteiger partial charge on any atom is 0.280 e. The maximum absolute atomic E-state index is 14.3. The van der Waals surface area contributed by atoms with Gasteiger partial charge in [-0.1, -0.05) is 36.4 Å². The number of rotatable bonds is 6. The van der Waals surface area contributed by atoms with Gasteiger partial charge in [-0.3, -0.25) is 20.4 Å². The monoisotopic (exact) mass is 452 g/mol. The minimum atomic E-state index is -0.852. The van der Waals surface area contributed by atoms with Crippen molar-refractivity contribution in [2.24, 2.45) is 0 Å². The molecule has 0 aliphatic heterocycles. The molecular formula is C24H21FN2O4S. The number of hydrazine groups is 1. The smallest absolute Gasteiger partial charge is 0.280 e. The first-order chi connectivity index (χ1) is 15.5. The van der Waals surface area contributed by atoms with E-state index in [1.54, 1.807) is 25.1 Å². The Morgan fingerprint density at radius 2 is 1.81 bits per heavy atom. The molecule has 1 unspecified atom stereocenters. The summed E-state index contributed by atoms with van der Waals surface area (Å²) in [4.78, 5) is 25.4. The predicted octanol–water partition coefficient (Wildman–Crippen LogP) is 4.57. The fourth-order valence-electron chi connectivity index (χ4n) is 3.41. The molecule has 0 bridgehead atoms. The Morgan fingerprint density at radius 1 is 1.03 bits per heavy atom. The van der Waals surface area contributed by atoms with E-state index >= 15 is 0 Å². The third kappa shape index (κ3) is 4.42. The molecule has 1 aromatic heterocycles. The Labute approximate surface area is 187 Å². The Kier molecular flexibility index (Phi) is 6.34. The molecule has 0 fully saturated rings. The van der Waals surface area contributed by atoms with Gasteiger partial charge in [-0.25, -0.2) is 4.39 Å². The summed E-state index contributed by atoms with van der Waals surface area (Å²) in [6.45, 7) is 1.65. The summed E-state index contributed by atoms with van der Waals surface area (Å²) in [5.74, 6) is -0.956. The zero-order chi connectivity index (χ0) is 22.7. The van der Waals surface area contributed by atoms with Gasteiger partial charge in [-0.05, 0) is 42.0 Å². The van der Waals surface area contributed by atoms with Crippen molar-refractivity contribution in [3.8, 4) is 5.75 Å². The molecule has 1 heterocycles. The van der Waals surface area contributed by atoms with E-state index in [9.17, 15) is 14.0 Å². The zero-order valence-electron chi connectivity index (χ0n) is 17.5. The number of ether oxygens (including phenoxy) is 2. The van der Waals surface area contributed by atoms with E-state index in [4.69, 9.17) is 9.47 Å². The van der Waals surface area contributed by atoms with Crippen molar-refractivity contribution in [2.45, 2.75) is 19.6 Å². The molecule has 0 radical (unpaired) electrons. The number of nitrogens with one attached hydrogen (secondary N) is 2. The Hall–Kier alpha value is -3.49. The first kappa shape index (κ1) is 21.7. The van der Waals surface area contributed by atoms with Gasteiger partial charge in [0.25, 0.3) is 11.8 Å². The third-order valence-electron chi connectivity index (χ3n) is 4.96. The lowest BCUT2D eigenvalue weighted by Crippen LogP contribution is -2.47. The van der Waals surface area contributed by atoms with Gasteiger partial charge >= 0.3 is 0 Å². The summed E-state index contributed by atoms with van der Waals surface area (Å²) in [6.07, 6.45) is -0.852. The highest BCUT2D eigenvalue weighted by Gasteiger charge is 2.22. The number of thiophene rings is 1. The molecule has 0 saturated carbocycles. The molecule has 6 nitrogen and oxygen atoms in total. The summed E-state index contributed by atoms with van der Waals surface area (Å²) >= 11 is 1.14. The van der Waals surface area contributed by atoms with Crippen LogP contribution < -0.4 is 15.6 Å². The highest BCUT2D eigenvalue weighted by Crippen LogP contribution is 2.33. The molecule has 2 N–H and O–H groups in total. The highest BCUT2D eigenvalue weighted by atomic mass is 32.1. The van der Waals surface area contributed by atoms with Gasteiger partial charge in [0.2, 0.25) is 0 Å². The Bertz CT molecular complexity index is 1300. The lowest BCUT2D eigenvalue weighted by molar-refractivity contribution is -0.128. The SMILES string of the molecule is COCc1c(C(=O)NNC(=O)C(C)Oc2ccc3ccccc3c2)sc2cccc(F)c12. The van der Waals surface area contributed by atoms with Gasteiger partial charge in [0.05, 0.1) is 6.61 Å². The van der Waals surface area contributed by atoms with Gasteiger partial charge in [0.15, 0.2) is 6.10 Å². The molecule has 3 aromatic carbocycles. The minimum Gasteiger partial charge on any atom is -0.481 e. The van der Waals surface area contributed by atoms with E-state index in [1.165, 1.54) is 13.2 Å². The summed E-state index contributed by atoms with van der Waals surface area (Å²) < 4.78 is 25.8. The van der Waals surface area contributed by atoms with Crippen molar-refractivity contribution in [3.63, 3.8) is 0 Å². The number of hydrogen-bond acceptors (Lipinski definition) is 5. The number of methoxy groups -OCH3 is 1. The van der Waals surface area contributed by atoms with E-state index in [2.05, 4.69) is 10.9 Å². The molecule has 0 saturated heterocycles. The quantitative estimate of drug-likeness (QED) is 0.420. The number of hydrogen-bond donors (Lipinski definition) is 2. The summed E-state index contributed by atoms with van der Waals surface area (Å²) in [6, 6.07) is 18.0. The van der Waals surface area contributed by atoms with Crippen molar-refractivity contribution in [2.75, 3.05) is 7.11 Å². The van der Waals surface area contributed by atoms with E-state index in [1.807, 2.05) is 36.4 Å². The molecule has 4 rings (SSSR count). The first-order valence-corrected chi connectivity index (χ1v) is 10.7. The van der Waals surface area contributed by atoms with Gasteiger partial charge in [0, 0.05) is 22.8 Å². The summed E-state index contributed by atoms with van der Waals surface area (Å²) in [7, 11) is 1.47. The van der Waals surface area contributed by atoms with Gasteiger partial charge in [-0.15, -0.1) is 11.3 Å². The maximum atomic E-state index is 14.3. The fourth-order valence-corrected chi connectivity index (χ4v) is 4.53. The lowest BCUT2D eigenvalue weighted by Gasteiger charge is -2.15. The van der Waals surface area contributed by atoms with Crippen LogP contribution in [-0.4, -0.2) is 25.0 Å². The first-order valence-electron chi connectivity index (χ1n) is 9.92. The topological polar surface area (TPSA) is 76.7 Å². The number of fused-ring (bicyclic) bond motifs is 2. The second kappa shape index (κ2) is 9.33. The van der Waals surface area contributed by atoms with Crippen molar-refractivity contribution in [1.82, 2.24) is 10.9 Å². The molecule has 2 amide bonds. The van der Waals surface area contributed by atoms with E-state index in [0.717, 1.165) is 22.1 Å². The van der Waals surface area contributed by atoms with Crippen molar-refractivity contribution in [3.05, 3.63) is 76.9 Å². The van der Waals surface area contributed by atoms with Crippen molar-refractivity contribution in [1.29, 1.82) is 0 Å². The molecule has 164 valence electrons. The summed E-state index contributed by atoms with van der Waals surface area (Å²) in [5, 5.41) is 2.41. The van der Waals surface area contributed by atoms with E-state index < -0.39 is 23.7 Å². The number of carbonyl (C=O) groups excluding carboxylic acids is 2. The normalized spacial score (nSPS) is 12.0. The lowest BCUT2D eigenvalue weighted by atomic mass is 10.1. The predicted molar refractivity (Wildman–Crippen MR) is 122 cm³/mol. The molecule has 0 spiro atoms. The number of benzene rings is 3. The molecule has 1 atom stereocenters. The Morgan fingerprint density at radius 3 is 2.59 bits per heavy atom. The molecule has 0 aliphatic carbocycles. The second-order valence-corrected chi connectivity index (χ2v) is 8.22. The van der Waals surface area contributed by atoms with Crippen LogP contribution in [0.2, 0.25) is 0 Å². The van der Waals surface area contributed by atoms with Crippen molar-refractivity contribution >= 4 is 44.0 Å². The molecule has 8 heteroatoms. The number of amides is 2. The van der Waals surface area contributed by atoms with Crippen LogP contribution in [0.25, 0.3) is 20.9 Å². The van der Waals surface area contributed by atoms with Crippen LogP contribution in [0, 0.1) is 5.82 Å². The number of carbonyl (C=O) groups is 2. The van der Waals surface area contributed by atoms with Crippen LogP contribution in [0.4, 0.5) is 4.39 Å². The van der Waals surface area contributed by atoms with Crippen LogP contribution in [0.3, 0.4) is 0 Å².